The Labute approximate surface area is 90.2 Å². The second kappa shape index (κ2) is 5.61. The minimum absolute atomic E-state index is 0.127. The smallest absolute Gasteiger partial charge is 0.251 e. The fourth-order valence-corrected chi connectivity index (χ4v) is 2.59. The maximum Gasteiger partial charge on any atom is 0.251 e. The molecule has 14 heavy (non-hydrogen) atoms. The standard InChI is InChI=1S/C10H19NO2S/c1-8-4-6-14-7-5-11(8)10(12)9(2)13-3/h8-9H,4-7H2,1-3H3. The number of carbonyl (C=O) groups excluding carboxylic acids is 1. The first-order valence-corrected chi connectivity index (χ1v) is 6.23. The van der Waals surface area contributed by atoms with Crippen LogP contribution < -0.4 is 0 Å². The molecule has 0 aromatic heterocycles. The van der Waals surface area contributed by atoms with Crippen molar-refractivity contribution in [2.24, 2.45) is 0 Å². The molecule has 1 saturated heterocycles. The monoisotopic (exact) mass is 217 g/mol. The fourth-order valence-electron chi connectivity index (χ4n) is 1.56. The Morgan fingerprint density at radius 3 is 2.93 bits per heavy atom. The van der Waals surface area contributed by atoms with Crippen molar-refractivity contribution in [2.75, 3.05) is 25.2 Å². The summed E-state index contributed by atoms with van der Waals surface area (Å²) in [6.07, 6.45) is 0.785. The van der Waals surface area contributed by atoms with Crippen molar-refractivity contribution in [2.45, 2.75) is 32.4 Å². The third-order valence-corrected chi connectivity index (χ3v) is 3.67. The zero-order valence-electron chi connectivity index (χ0n) is 9.16. The number of amides is 1. The molecule has 1 aliphatic rings. The van der Waals surface area contributed by atoms with Gasteiger partial charge in [0.1, 0.15) is 6.10 Å². The Kier molecular flexibility index (Phi) is 4.75. The topological polar surface area (TPSA) is 29.5 Å². The van der Waals surface area contributed by atoms with Gasteiger partial charge in [0.15, 0.2) is 0 Å². The van der Waals surface area contributed by atoms with Crippen molar-refractivity contribution in [3.05, 3.63) is 0 Å². The molecule has 0 saturated carbocycles. The van der Waals surface area contributed by atoms with Crippen LogP contribution in [0.15, 0.2) is 0 Å². The molecule has 0 aromatic carbocycles. The maximum atomic E-state index is 11.9. The lowest BCUT2D eigenvalue weighted by Gasteiger charge is -2.28. The number of hydrogen-bond acceptors (Lipinski definition) is 3. The van der Waals surface area contributed by atoms with Crippen molar-refractivity contribution in [3.63, 3.8) is 0 Å². The number of hydrogen-bond donors (Lipinski definition) is 0. The molecule has 1 fully saturated rings. The number of nitrogens with zero attached hydrogens (tertiary/aromatic N) is 1. The van der Waals surface area contributed by atoms with Crippen LogP contribution in [0.5, 0.6) is 0 Å². The first-order valence-electron chi connectivity index (χ1n) is 5.08. The van der Waals surface area contributed by atoms with Gasteiger partial charge in [0.25, 0.3) is 5.91 Å². The van der Waals surface area contributed by atoms with E-state index in [4.69, 9.17) is 4.74 Å². The highest BCUT2D eigenvalue weighted by Gasteiger charge is 2.25. The number of methoxy groups -OCH3 is 1. The summed E-state index contributed by atoms with van der Waals surface area (Å²) in [4.78, 5) is 13.8. The summed E-state index contributed by atoms with van der Waals surface area (Å²) in [5.74, 6) is 2.33. The van der Waals surface area contributed by atoms with Gasteiger partial charge in [0.05, 0.1) is 0 Å². The molecule has 1 aliphatic heterocycles. The van der Waals surface area contributed by atoms with Gasteiger partial charge in [-0.1, -0.05) is 0 Å². The lowest BCUT2D eigenvalue weighted by Crippen LogP contribution is -2.44. The number of carbonyl (C=O) groups is 1. The largest absolute Gasteiger partial charge is 0.372 e. The Morgan fingerprint density at radius 2 is 2.29 bits per heavy atom. The molecule has 0 aliphatic carbocycles. The van der Waals surface area contributed by atoms with Gasteiger partial charge in [-0.2, -0.15) is 11.8 Å². The lowest BCUT2D eigenvalue weighted by atomic mass is 10.2. The highest BCUT2D eigenvalue weighted by Crippen LogP contribution is 2.17. The molecule has 2 atom stereocenters. The Hall–Kier alpha value is -0.220. The molecule has 82 valence electrons. The van der Waals surface area contributed by atoms with E-state index in [1.54, 1.807) is 7.11 Å². The summed E-state index contributed by atoms with van der Waals surface area (Å²) in [6, 6.07) is 0.357. The van der Waals surface area contributed by atoms with Gasteiger partial charge in [0, 0.05) is 25.4 Å². The van der Waals surface area contributed by atoms with Gasteiger partial charge < -0.3 is 9.64 Å². The van der Waals surface area contributed by atoms with E-state index in [2.05, 4.69) is 6.92 Å². The van der Waals surface area contributed by atoms with Crippen LogP contribution in [0, 0.1) is 0 Å². The van der Waals surface area contributed by atoms with Crippen LogP contribution in [0.3, 0.4) is 0 Å². The van der Waals surface area contributed by atoms with E-state index in [-0.39, 0.29) is 12.0 Å². The predicted octanol–water partition coefficient (Wildman–Crippen LogP) is 1.38. The summed E-state index contributed by atoms with van der Waals surface area (Å²) < 4.78 is 5.06. The van der Waals surface area contributed by atoms with Crippen molar-refractivity contribution in [3.8, 4) is 0 Å². The Bertz CT molecular complexity index is 199. The first kappa shape index (κ1) is 11.9. The number of rotatable bonds is 2. The van der Waals surface area contributed by atoms with Crippen LogP contribution in [0.25, 0.3) is 0 Å². The molecule has 4 heteroatoms. The highest BCUT2D eigenvalue weighted by atomic mass is 32.2. The normalized spacial score (nSPS) is 25.6. The SMILES string of the molecule is COC(C)C(=O)N1CCSCCC1C. The summed E-state index contributed by atoms with van der Waals surface area (Å²) in [5.41, 5.74) is 0. The second-order valence-corrected chi connectivity index (χ2v) is 4.88. The number of ether oxygens (including phenoxy) is 1. The Balaban J connectivity index is 2.58. The molecule has 3 nitrogen and oxygen atoms in total. The molecule has 0 aromatic rings. The van der Waals surface area contributed by atoms with Gasteiger partial charge in [-0.05, 0) is 26.0 Å². The fraction of sp³-hybridized carbons (Fsp3) is 0.900. The zero-order valence-corrected chi connectivity index (χ0v) is 9.97. The maximum absolute atomic E-state index is 11.9. The second-order valence-electron chi connectivity index (χ2n) is 3.66. The van der Waals surface area contributed by atoms with Crippen molar-refractivity contribution < 1.29 is 9.53 Å². The van der Waals surface area contributed by atoms with Crippen LogP contribution in [0.1, 0.15) is 20.3 Å². The van der Waals surface area contributed by atoms with Gasteiger partial charge in [-0.15, -0.1) is 0 Å². The van der Waals surface area contributed by atoms with E-state index in [9.17, 15) is 4.79 Å². The summed E-state index contributed by atoms with van der Waals surface area (Å²) in [6.45, 7) is 4.79. The zero-order chi connectivity index (χ0) is 10.6. The van der Waals surface area contributed by atoms with E-state index in [0.717, 1.165) is 24.5 Å². The van der Waals surface area contributed by atoms with Gasteiger partial charge in [0.2, 0.25) is 0 Å². The van der Waals surface area contributed by atoms with Crippen molar-refractivity contribution in [1.82, 2.24) is 4.90 Å². The summed E-state index contributed by atoms with van der Waals surface area (Å²) in [7, 11) is 1.58. The van der Waals surface area contributed by atoms with Gasteiger partial charge in [-0.25, -0.2) is 0 Å². The minimum Gasteiger partial charge on any atom is -0.372 e. The molecule has 1 rings (SSSR count). The van der Waals surface area contributed by atoms with Crippen LogP contribution in [0.2, 0.25) is 0 Å². The molecular formula is C10H19NO2S. The molecule has 0 N–H and O–H groups in total. The van der Waals surface area contributed by atoms with E-state index in [1.807, 2.05) is 23.6 Å². The first-order chi connectivity index (χ1) is 6.66. The van der Waals surface area contributed by atoms with Crippen molar-refractivity contribution >= 4 is 17.7 Å². The molecule has 1 amide bonds. The average molecular weight is 217 g/mol. The van der Waals surface area contributed by atoms with E-state index in [1.165, 1.54) is 0 Å². The third-order valence-electron chi connectivity index (χ3n) is 2.67. The summed E-state index contributed by atoms with van der Waals surface area (Å²) in [5, 5.41) is 0. The van der Waals surface area contributed by atoms with Crippen molar-refractivity contribution in [1.29, 1.82) is 0 Å². The predicted molar refractivity (Wildman–Crippen MR) is 59.6 cm³/mol. The van der Waals surface area contributed by atoms with Crippen LogP contribution in [-0.4, -0.2) is 48.1 Å². The quantitative estimate of drug-likeness (QED) is 0.700. The van der Waals surface area contributed by atoms with E-state index < -0.39 is 0 Å². The van der Waals surface area contributed by atoms with Crippen LogP contribution in [-0.2, 0) is 9.53 Å². The molecule has 2 unspecified atom stereocenters. The number of thioether (sulfide) groups is 1. The lowest BCUT2D eigenvalue weighted by molar-refractivity contribution is -0.142. The molecular weight excluding hydrogens is 198 g/mol. The highest BCUT2D eigenvalue weighted by molar-refractivity contribution is 7.99. The van der Waals surface area contributed by atoms with E-state index in [0.29, 0.717) is 6.04 Å². The van der Waals surface area contributed by atoms with Gasteiger partial charge >= 0.3 is 0 Å². The average Bonchev–Trinajstić information content (AvgIpc) is 2.40. The molecule has 0 spiro atoms. The van der Waals surface area contributed by atoms with Crippen LogP contribution in [0.4, 0.5) is 0 Å². The molecule has 0 radical (unpaired) electrons. The minimum atomic E-state index is -0.305. The third kappa shape index (κ3) is 2.89. The van der Waals surface area contributed by atoms with Gasteiger partial charge in [-0.3, -0.25) is 4.79 Å². The summed E-state index contributed by atoms with van der Waals surface area (Å²) >= 11 is 1.93. The Morgan fingerprint density at radius 1 is 1.57 bits per heavy atom. The van der Waals surface area contributed by atoms with E-state index >= 15 is 0 Å². The molecule has 1 heterocycles. The van der Waals surface area contributed by atoms with Crippen LogP contribution >= 0.6 is 11.8 Å². The molecule has 0 bridgehead atoms.